The van der Waals surface area contributed by atoms with Crippen molar-refractivity contribution in [3.05, 3.63) is 28.8 Å². The number of nitrogens with zero attached hydrogens (tertiary/aromatic N) is 1. The standard InChI is InChI=1S/C17H27NO2/c1-7-18(8-2)16-15(19)13-9-11(3)12(4)10-14(13)20-17(16,5)6/h9-10,15-16,19H,7-8H2,1-6H3. The average molecular weight is 277 g/mol. The summed E-state index contributed by atoms with van der Waals surface area (Å²) in [6.07, 6.45) is -0.507. The number of benzene rings is 1. The summed E-state index contributed by atoms with van der Waals surface area (Å²) in [5, 5.41) is 10.9. The molecule has 1 aliphatic heterocycles. The molecule has 20 heavy (non-hydrogen) atoms. The minimum Gasteiger partial charge on any atom is -0.486 e. The van der Waals surface area contributed by atoms with Gasteiger partial charge in [-0.05, 0) is 64.0 Å². The van der Waals surface area contributed by atoms with Gasteiger partial charge in [0.15, 0.2) is 0 Å². The van der Waals surface area contributed by atoms with Crippen LogP contribution in [0, 0.1) is 13.8 Å². The Morgan fingerprint density at radius 1 is 1.15 bits per heavy atom. The van der Waals surface area contributed by atoms with E-state index in [2.05, 4.69) is 52.5 Å². The van der Waals surface area contributed by atoms with Crippen LogP contribution >= 0.6 is 0 Å². The van der Waals surface area contributed by atoms with Crippen LogP contribution in [0.4, 0.5) is 0 Å². The summed E-state index contributed by atoms with van der Waals surface area (Å²) < 4.78 is 6.22. The van der Waals surface area contributed by atoms with Crippen molar-refractivity contribution in [2.45, 2.75) is 59.3 Å². The number of hydrogen-bond acceptors (Lipinski definition) is 3. The summed E-state index contributed by atoms with van der Waals surface area (Å²) in [5.74, 6) is 0.828. The van der Waals surface area contributed by atoms with Crippen LogP contribution < -0.4 is 4.74 Å². The van der Waals surface area contributed by atoms with Crippen molar-refractivity contribution in [2.75, 3.05) is 13.1 Å². The Morgan fingerprint density at radius 2 is 1.70 bits per heavy atom. The number of aryl methyl sites for hydroxylation is 2. The van der Waals surface area contributed by atoms with Crippen molar-refractivity contribution in [3.8, 4) is 5.75 Å². The van der Waals surface area contributed by atoms with Gasteiger partial charge in [-0.15, -0.1) is 0 Å². The van der Waals surface area contributed by atoms with Crippen LogP contribution in [0.2, 0.25) is 0 Å². The number of rotatable bonds is 3. The van der Waals surface area contributed by atoms with E-state index in [1.54, 1.807) is 0 Å². The van der Waals surface area contributed by atoms with E-state index in [9.17, 15) is 5.11 Å². The molecule has 1 aromatic rings. The van der Waals surface area contributed by atoms with Crippen LogP contribution in [0.1, 0.15) is 50.5 Å². The molecule has 3 heteroatoms. The van der Waals surface area contributed by atoms with E-state index in [4.69, 9.17) is 4.74 Å². The lowest BCUT2D eigenvalue weighted by molar-refractivity contribution is -0.0799. The van der Waals surface area contributed by atoms with Crippen molar-refractivity contribution < 1.29 is 9.84 Å². The van der Waals surface area contributed by atoms with Gasteiger partial charge >= 0.3 is 0 Å². The van der Waals surface area contributed by atoms with Gasteiger partial charge in [-0.1, -0.05) is 13.8 Å². The Morgan fingerprint density at radius 3 is 2.25 bits per heavy atom. The van der Waals surface area contributed by atoms with Crippen LogP contribution in [-0.4, -0.2) is 34.7 Å². The monoisotopic (exact) mass is 277 g/mol. The van der Waals surface area contributed by atoms with Gasteiger partial charge < -0.3 is 9.84 Å². The van der Waals surface area contributed by atoms with Crippen molar-refractivity contribution in [1.82, 2.24) is 4.90 Å². The van der Waals surface area contributed by atoms with E-state index in [0.29, 0.717) is 0 Å². The van der Waals surface area contributed by atoms with E-state index >= 15 is 0 Å². The fourth-order valence-electron chi connectivity index (χ4n) is 3.28. The number of aliphatic hydroxyl groups is 1. The smallest absolute Gasteiger partial charge is 0.126 e. The zero-order valence-corrected chi connectivity index (χ0v) is 13.5. The molecule has 2 rings (SSSR count). The summed E-state index contributed by atoms with van der Waals surface area (Å²) in [5.41, 5.74) is 2.92. The van der Waals surface area contributed by atoms with Crippen LogP contribution in [0.25, 0.3) is 0 Å². The molecule has 1 heterocycles. The molecule has 2 atom stereocenters. The van der Waals surface area contributed by atoms with E-state index in [0.717, 1.165) is 24.4 Å². The van der Waals surface area contributed by atoms with Gasteiger partial charge in [0.2, 0.25) is 0 Å². The summed E-state index contributed by atoms with van der Waals surface area (Å²) in [6.45, 7) is 14.4. The first kappa shape index (κ1) is 15.3. The first-order valence-electron chi connectivity index (χ1n) is 7.54. The fraction of sp³-hybridized carbons (Fsp3) is 0.647. The van der Waals surface area contributed by atoms with Crippen LogP contribution in [0.3, 0.4) is 0 Å². The van der Waals surface area contributed by atoms with Crippen LogP contribution in [-0.2, 0) is 0 Å². The average Bonchev–Trinajstić information content (AvgIpc) is 2.37. The first-order chi connectivity index (χ1) is 9.31. The number of ether oxygens (including phenoxy) is 1. The lowest BCUT2D eigenvalue weighted by Gasteiger charge is -2.48. The zero-order valence-electron chi connectivity index (χ0n) is 13.5. The molecular weight excluding hydrogens is 250 g/mol. The normalized spacial score (nSPS) is 24.4. The maximum absolute atomic E-state index is 10.9. The molecule has 3 nitrogen and oxygen atoms in total. The number of aliphatic hydroxyl groups excluding tert-OH is 1. The predicted molar refractivity (Wildman–Crippen MR) is 82.3 cm³/mol. The summed E-state index contributed by atoms with van der Waals surface area (Å²) in [6, 6.07) is 4.10. The molecule has 1 aromatic carbocycles. The molecule has 0 bridgehead atoms. The van der Waals surface area contributed by atoms with E-state index in [1.807, 2.05) is 6.07 Å². The fourth-order valence-corrected chi connectivity index (χ4v) is 3.28. The molecule has 0 aliphatic carbocycles. The Labute approximate surface area is 122 Å². The van der Waals surface area contributed by atoms with Crippen molar-refractivity contribution in [2.24, 2.45) is 0 Å². The highest BCUT2D eigenvalue weighted by Crippen LogP contribution is 2.43. The molecular formula is C17H27NO2. The van der Waals surface area contributed by atoms with Crippen molar-refractivity contribution in [3.63, 3.8) is 0 Å². The lowest BCUT2D eigenvalue weighted by atomic mass is 9.84. The van der Waals surface area contributed by atoms with E-state index in [1.165, 1.54) is 11.1 Å². The lowest BCUT2D eigenvalue weighted by Crippen LogP contribution is -2.57. The number of likely N-dealkylation sites (N-methyl/N-ethyl adjacent to an activating group) is 1. The van der Waals surface area contributed by atoms with Gasteiger partial charge in [0.1, 0.15) is 17.5 Å². The molecule has 0 amide bonds. The minimum absolute atomic E-state index is 0.0212. The van der Waals surface area contributed by atoms with Gasteiger partial charge in [0, 0.05) is 5.56 Å². The maximum Gasteiger partial charge on any atom is 0.126 e. The molecule has 0 radical (unpaired) electrons. The second kappa shape index (κ2) is 5.38. The maximum atomic E-state index is 10.9. The molecule has 0 saturated heterocycles. The van der Waals surface area contributed by atoms with E-state index in [-0.39, 0.29) is 6.04 Å². The predicted octanol–water partition coefficient (Wildman–Crippen LogP) is 3.22. The van der Waals surface area contributed by atoms with Crippen LogP contribution in [0.15, 0.2) is 12.1 Å². The molecule has 0 saturated carbocycles. The molecule has 0 fully saturated rings. The molecule has 0 aromatic heterocycles. The third-order valence-corrected chi connectivity index (χ3v) is 4.53. The summed E-state index contributed by atoms with van der Waals surface area (Å²) >= 11 is 0. The van der Waals surface area contributed by atoms with Crippen molar-refractivity contribution in [1.29, 1.82) is 0 Å². The second-order valence-corrected chi connectivity index (χ2v) is 6.29. The summed E-state index contributed by atoms with van der Waals surface area (Å²) in [7, 11) is 0. The van der Waals surface area contributed by atoms with Gasteiger partial charge in [0.25, 0.3) is 0 Å². The minimum atomic E-state index is -0.507. The molecule has 2 unspecified atom stereocenters. The van der Waals surface area contributed by atoms with Crippen molar-refractivity contribution >= 4 is 0 Å². The quantitative estimate of drug-likeness (QED) is 0.921. The highest BCUT2D eigenvalue weighted by atomic mass is 16.5. The highest BCUT2D eigenvalue weighted by molar-refractivity contribution is 5.45. The largest absolute Gasteiger partial charge is 0.486 e. The van der Waals surface area contributed by atoms with Gasteiger partial charge in [-0.3, -0.25) is 4.90 Å². The third kappa shape index (κ3) is 2.45. The molecule has 0 spiro atoms. The molecule has 1 N–H and O–H groups in total. The second-order valence-electron chi connectivity index (χ2n) is 6.29. The van der Waals surface area contributed by atoms with Gasteiger partial charge in [-0.25, -0.2) is 0 Å². The Hall–Kier alpha value is -1.06. The zero-order chi connectivity index (χ0) is 15.1. The SMILES string of the molecule is CCN(CC)C1C(O)c2cc(C)c(C)cc2OC1(C)C. The summed E-state index contributed by atoms with van der Waals surface area (Å²) in [4.78, 5) is 2.28. The third-order valence-electron chi connectivity index (χ3n) is 4.53. The van der Waals surface area contributed by atoms with Gasteiger partial charge in [0.05, 0.1) is 6.04 Å². The van der Waals surface area contributed by atoms with Crippen LogP contribution in [0.5, 0.6) is 5.75 Å². The Balaban J connectivity index is 2.50. The van der Waals surface area contributed by atoms with Gasteiger partial charge in [-0.2, -0.15) is 0 Å². The number of hydrogen-bond donors (Lipinski definition) is 1. The van der Waals surface area contributed by atoms with E-state index < -0.39 is 11.7 Å². The topological polar surface area (TPSA) is 32.7 Å². The Bertz CT molecular complexity index is 492. The number of fused-ring (bicyclic) bond motifs is 1. The molecule has 1 aliphatic rings. The highest BCUT2D eigenvalue weighted by Gasteiger charge is 2.45. The molecule has 112 valence electrons. The first-order valence-corrected chi connectivity index (χ1v) is 7.54. The Kier molecular flexibility index (Phi) is 4.12.